The Morgan fingerprint density at radius 1 is 1.62 bits per heavy atom. The molecule has 0 saturated heterocycles. The van der Waals surface area contributed by atoms with E-state index in [1.807, 2.05) is 10.9 Å². The second-order valence-electron chi connectivity index (χ2n) is 3.83. The number of aryl methyl sites for hydroxylation is 1. The first-order valence-electron chi connectivity index (χ1n) is 5.30. The van der Waals surface area contributed by atoms with Gasteiger partial charge < -0.3 is 10.6 Å². The molecule has 0 atom stereocenters. The largest absolute Gasteiger partial charge is 0.363 e. The van der Waals surface area contributed by atoms with Crippen molar-refractivity contribution in [3.63, 3.8) is 0 Å². The van der Waals surface area contributed by atoms with E-state index in [2.05, 4.69) is 29.6 Å². The van der Waals surface area contributed by atoms with Crippen LogP contribution in [0.5, 0.6) is 0 Å². The highest BCUT2D eigenvalue weighted by atomic mass is 35.5. The van der Waals surface area contributed by atoms with Crippen molar-refractivity contribution in [3.8, 4) is 0 Å². The molecule has 0 aliphatic rings. The second kappa shape index (κ2) is 6.70. The first kappa shape index (κ1) is 13.3. The molecule has 16 heavy (non-hydrogen) atoms. The molecule has 0 saturated carbocycles. The van der Waals surface area contributed by atoms with Crippen molar-refractivity contribution in [2.45, 2.75) is 32.9 Å². The number of halogens is 1. The van der Waals surface area contributed by atoms with Crippen LogP contribution in [-0.4, -0.2) is 27.5 Å². The maximum absolute atomic E-state index is 5.75. The first-order valence-corrected chi connectivity index (χ1v) is 6.09. The van der Waals surface area contributed by atoms with Gasteiger partial charge in [0.05, 0.1) is 11.2 Å². The number of thiocarbonyl (C=S) groups is 1. The van der Waals surface area contributed by atoms with E-state index in [9.17, 15) is 0 Å². The summed E-state index contributed by atoms with van der Waals surface area (Å²) in [5.41, 5.74) is 0. The molecule has 0 amide bonds. The van der Waals surface area contributed by atoms with Gasteiger partial charge in [0.1, 0.15) is 0 Å². The topological polar surface area (TPSA) is 41.9 Å². The first-order chi connectivity index (χ1) is 7.58. The molecule has 1 aromatic rings. The molecule has 0 unspecified atom stereocenters. The van der Waals surface area contributed by atoms with Gasteiger partial charge in [-0.05, 0) is 32.5 Å². The van der Waals surface area contributed by atoms with Crippen molar-refractivity contribution in [2.24, 2.45) is 0 Å². The standard InChI is InChI=1S/C10H17ClN4S/c1-8(2)14-10(16)12-4-3-5-15-7-9(11)6-13-15/h6-8H,3-5H2,1-2H3,(H2,12,14,16). The lowest BCUT2D eigenvalue weighted by Crippen LogP contribution is -2.39. The Labute approximate surface area is 106 Å². The lowest BCUT2D eigenvalue weighted by atomic mass is 10.4. The van der Waals surface area contributed by atoms with E-state index in [0.717, 1.165) is 19.5 Å². The van der Waals surface area contributed by atoms with Gasteiger partial charge in [-0.1, -0.05) is 11.6 Å². The summed E-state index contributed by atoms with van der Waals surface area (Å²) in [6.45, 7) is 5.78. The van der Waals surface area contributed by atoms with Gasteiger partial charge >= 0.3 is 0 Å². The predicted molar refractivity (Wildman–Crippen MR) is 70.7 cm³/mol. The van der Waals surface area contributed by atoms with Crippen LogP contribution in [0.15, 0.2) is 12.4 Å². The summed E-state index contributed by atoms with van der Waals surface area (Å²) in [5.74, 6) is 0. The van der Waals surface area contributed by atoms with Crippen molar-refractivity contribution in [2.75, 3.05) is 6.54 Å². The minimum atomic E-state index is 0.366. The maximum atomic E-state index is 5.75. The van der Waals surface area contributed by atoms with E-state index in [4.69, 9.17) is 23.8 Å². The Morgan fingerprint density at radius 3 is 2.94 bits per heavy atom. The van der Waals surface area contributed by atoms with Gasteiger partial charge in [0.15, 0.2) is 5.11 Å². The smallest absolute Gasteiger partial charge is 0.166 e. The zero-order valence-corrected chi connectivity index (χ0v) is 11.1. The highest BCUT2D eigenvalue weighted by Gasteiger charge is 1.98. The van der Waals surface area contributed by atoms with Crippen LogP contribution in [0.1, 0.15) is 20.3 Å². The van der Waals surface area contributed by atoms with Gasteiger partial charge in [0.2, 0.25) is 0 Å². The molecular formula is C10H17ClN4S. The number of nitrogens with one attached hydrogen (secondary N) is 2. The van der Waals surface area contributed by atoms with Gasteiger partial charge in [-0.15, -0.1) is 0 Å². The third-order valence-corrected chi connectivity index (χ3v) is 2.33. The molecule has 90 valence electrons. The number of aromatic nitrogens is 2. The summed E-state index contributed by atoms with van der Waals surface area (Å²) in [6, 6.07) is 0.366. The molecule has 0 spiro atoms. The Kier molecular flexibility index (Phi) is 5.55. The Morgan fingerprint density at radius 2 is 2.38 bits per heavy atom. The molecule has 0 radical (unpaired) electrons. The molecule has 1 aromatic heterocycles. The van der Waals surface area contributed by atoms with Crippen LogP contribution in [0, 0.1) is 0 Å². The summed E-state index contributed by atoms with van der Waals surface area (Å²) in [5, 5.41) is 11.7. The zero-order valence-electron chi connectivity index (χ0n) is 9.53. The fourth-order valence-electron chi connectivity index (χ4n) is 1.22. The van der Waals surface area contributed by atoms with Gasteiger partial charge in [0, 0.05) is 25.3 Å². The lowest BCUT2D eigenvalue weighted by Gasteiger charge is -2.12. The molecule has 0 aromatic carbocycles. The van der Waals surface area contributed by atoms with E-state index < -0.39 is 0 Å². The van der Waals surface area contributed by atoms with Crippen molar-refractivity contribution in [1.29, 1.82) is 0 Å². The van der Waals surface area contributed by atoms with Gasteiger partial charge in [-0.3, -0.25) is 4.68 Å². The SMILES string of the molecule is CC(C)NC(=S)NCCCn1cc(Cl)cn1. The average molecular weight is 261 g/mol. The minimum Gasteiger partial charge on any atom is -0.363 e. The van der Waals surface area contributed by atoms with Crippen molar-refractivity contribution >= 4 is 28.9 Å². The van der Waals surface area contributed by atoms with Crippen molar-refractivity contribution in [1.82, 2.24) is 20.4 Å². The molecule has 0 bridgehead atoms. The monoisotopic (exact) mass is 260 g/mol. The van der Waals surface area contributed by atoms with Crippen LogP contribution in [0.2, 0.25) is 5.02 Å². The lowest BCUT2D eigenvalue weighted by molar-refractivity contribution is 0.570. The van der Waals surface area contributed by atoms with E-state index >= 15 is 0 Å². The Balaban J connectivity index is 2.10. The van der Waals surface area contributed by atoms with Crippen LogP contribution in [0.25, 0.3) is 0 Å². The van der Waals surface area contributed by atoms with E-state index in [-0.39, 0.29) is 0 Å². The number of rotatable bonds is 5. The molecule has 0 aliphatic carbocycles. The summed E-state index contributed by atoms with van der Waals surface area (Å²) in [4.78, 5) is 0. The van der Waals surface area contributed by atoms with Crippen LogP contribution < -0.4 is 10.6 Å². The summed E-state index contributed by atoms with van der Waals surface area (Å²) >= 11 is 10.8. The van der Waals surface area contributed by atoms with Gasteiger partial charge in [0.25, 0.3) is 0 Å². The fourth-order valence-corrected chi connectivity index (χ4v) is 1.71. The van der Waals surface area contributed by atoms with Crippen LogP contribution in [-0.2, 0) is 6.54 Å². The summed E-state index contributed by atoms with van der Waals surface area (Å²) in [6.07, 6.45) is 4.41. The third-order valence-electron chi connectivity index (χ3n) is 1.87. The van der Waals surface area contributed by atoms with E-state index in [1.165, 1.54) is 0 Å². The molecular weight excluding hydrogens is 244 g/mol. The van der Waals surface area contributed by atoms with Gasteiger partial charge in [-0.2, -0.15) is 5.10 Å². The highest BCUT2D eigenvalue weighted by Crippen LogP contribution is 2.04. The molecule has 1 heterocycles. The summed E-state index contributed by atoms with van der Waals surface area (Å²) in [7, 11) is 0. The van der Waals surface area contributed by atoms with Gasteiger partial charge in [-0.25, -0.2) is 0 Å². The van der Waals surface area contributed by atoms with E-state index in [1.54, 1.807) is 6.20 Å². The predicted octanol–water partition coefficient (Wildman–Crippen LogP) is 1.80. The van der Waals surface area contributed by atoms with Crippen LogP contribution >= 0.6 is 23.8 Å². The number of hydrogen-bond donors (Lipinski definition) is 2. The molecule has 6 heteroatoms. The molecule has 0 fully saturated rings. The highest BCUT2D eigenvalue weighted by molar-refractivity contribution is 7.80. The minimum absolute atomic E-state index is 0.366. The number of nitrogens with zero attached hydrogens (tertiary/aromatic N) is 2. The van der Waals surface area contributed by atoms with Crippen LogP contribution in [0.4, 0.5) is 0 Å². The molecule has 4 nitrogen and oxygen atoms in total. The second-order valence-corrected chi connectivity index (χ2v) is 4.67. The van der Waals surface area contributed by atoms with Crippen LogP contribution in [0.3, 0.4) is 0 Å². The maximum Gasteiger partial charge on any atom is 0.166 e. The third kappa shape index (κ3) is 5.32. The average Bonchev–Trinajstić information content (AvgIpc) is 2.58. The Hall–Kier alpha value is -0.810. The fraction of sp³-hybridized carbons (Fsp3) is 0.600. The van der Waals surface area contributed by atoms with E-state index in [0.29, 0.717) is 16.2 Å². The zero-order chi connectivity index (χ0) is 12.0. The molecule has 1 rings (SSSR count). The normalized spacial score (nSPS) is 10.5. The van der Waals surface area contributed by atoms with Crippen molar-refractivity contribution in [3.05, 3.63) is 17.4 Å². The summed E-state index contributed by atoms with van der Waals surface area (Å²) < 4.78 is 1.82. The number of hydrogen-bond acceptors (Lipinski definition) is 2. The molecule has 0 aliphatic heterocycles. The quantitative estimate of drug-likeness (QED) is 0.626. The van der Waals surface area contributed by atoms with Crippen molar-refractivity contribution < 1.29 is 0 Å². The molecule has 2 N–H and O–H groups in total. The Bertz CT molecular complexity index is 337.